The molecule has 0 atom stereocenters. The number of hydrogen-bond acceptors (Lipinski definition) is 4. The fourth-order valence-electron chi connectivity index (χ4n) is 1.64. The Hall–Kier alpha value is -0.110. The summed E-state index contributed by atoms with van der Waals surface area (Å²) in [5, 5.41) is 7.61. The quantitative estimate of drug-likeness (QED) is 0.545. The first-order valence-electron chi connectivity index (χ1n) is 5.96. The van der Waals surface area contributed by atoms with Gasteiger partial charge in [-0.05, 0) is 18.6 Å². The van der Waals surface area contributed by atoms with Crippen LogP contribution in [0, 0.1) is 0 Å². The van der Waals surface area contributed by atoms with E-state index < -0.39 is 0 Å². The normalized spacial score (nSPS) is 13.8. The van der Waals surface area contributed by atoms with Gasteiger partial charge < -0.3 is 15.4 Å². The van der Waals surface area contributed by atoms with Gasteiger partial charge in [0.25, 0.3) is 0 Å². The maximum atomic E-state index is 6.01. The summed E-state index contributed by atoms with van der Waals surface area (Å²) in [5.41, 5.74) is 0. The molecule has 20 heavy (non-hydrogen) atoms. The third-order valence-corrected chi connectivity index (χ3v) is 3.28. The van der Waals surface area contributed by atoms with E-state index >= 15 is 0 Å². The number of benzene rings is 1. The van der Waals surface area contributed by atoms with E-state index in [1.165, 1.54) is 0 Å². The molecule has 0 radical (unpaired) electrons. The Balaban J connectivity index is 0.00000200. The molecule has 0 unspecified atom stereocenters. The maximum Gasteiger partial charge on any atom is 0.191 e. The van der Waals surface area contributed by atoms with Crippen molar-refractivity contribution >= 4 is 64.7 Å². The lowest BCUT2D eigenvalue weighted by molar-refractivity contribution is 0.322. The predicted octanol–water partition coefficient (Wildman–Crippen LogP) is 3.58. The number of nitrogens with one attached hydrogen (secondary N) is 2. The Morgan fingerprint density at radius 3 is 2.55 bits per heavy atom. The first-order chi connectivity index (χ1) is 9.16. The molecule has 0 saturated carbocycles. The van der Waals surface area contributed by atoms with Crippen LogP contribution in [0.5, 0.6) is 5.75 Å². The standard InChI is InChI=1S/C12H14Cl3N3O.HI/c13-8-6-9(14)11(10(15)7-8)19-5-4-18-12-16-2-1-3-17-12;/h6-7H,1-5H2,(H2,16,17,18);1H. The molecule has 1 aromatic carbocycles. The monoisotopic (exact) mass is 449 g/mol. The van der Waals surface area contributed by atoms with Gasteiger partial charge in [-0.15, -0.1) is 24.0 Å². The van der Waals surface area contributed by atoms with Crippen molar-refractivity contribution in [1.82, 2.24) is 10.6 Å². The van der Waals surface area contributed by atoms with Crippen LogP contribution in [-0.4, -0.2) is 32.2 Å². The van der Waals surface area contributed by atoms with Gasteiger partial charge in [0, 0.05) is 18.1 Å². The zero-order valence-electron chi connectivity index (χ0n) is 10.6. The summed E-state index contributed by atoms with van der Waals surface area (Å²) in [5.74, 6) is 1.26. The van der Waals surface area contributed by atoms with E-state index in [0.717, 1.165) is 25.5 Å². The first kappa shape index (κ1) is 17.9. The Morgan fingerprint density at radius 2 is 1.95 bits per heavy atom. The largest absolute Gasteiger partial charge is 0.489 e. The van der Waals surface area contributed by atoms with Crippen LogP contribution < -0.4 is 15.4 Å². The lowest BCUT2D eigenvalue weighted by Gasteiger charge is -2.16. The topological polar surface area (TPSA) is 45.6 Å². The van der Waals surface area contributed by atoms with Gasteiger partial charge in [-0.25, -0.2) is 0 Å². The summed E-state index contributed by atoms with van der Waals surface area (Å²) in [6, 6.07) is 3.20. The molecule has 2 rings (SSSR count). The van der Waals surface area contributed by atoms with Gasteiger partial charge in [0.1, 0.15) is 6.61 Å². The van der Waals surface area contributed by atoms with Crippen molar-refractivity contribution in [2.24, 2.45) is 4.99 Å². The third-order valence-electron chi connectivity index (χ3n) is 2.50. The van der Waals surface area contributed by atoms with E-state index in [-0.39, 0.29) is 24.0 Å². The van der Waals surface area contributed by atoms with Crippen molar-refractivity contribution < 1.29 is 4.74 Å². The number of guanidine groups is 1. The highest BCUT2D eigenvalue weighted by Crippen LogP contribution is 2.35. The van der Waals surface area contributed by atoms with E-state index in [1.807, 2.05) is 0 Å². The summed E-state index contributed by atoms with van der Waals surface area (Å²) < 4.78 is 5.55. The van der Waals surface area contributed by atoms with Crippen molar-refractivity contribution in [3.8, 4) is 5.75 Å². The molecule has 0 aromatic heterocycles. The molecule has 0 bridgehead atoms. The van der Waals surface area contributed by atoms with Gasteiger partial charge in [-0.2, -0.15) is 0 Å². The number of halogens is 4. The van der Waals surface area contributed by atoms with Crippen LogP contribution in [0.2, 0.25) is 15.1 Å². The minimum absolute atomic E-state index is 0. The Kier molecular flexibility index (Phi) is 8.09. The zero-order chi connectivity index (χ0) is 13.7. The average molecular weight is 451 g/mol. The Labute approximate surface area is 150 Å². The molecule has 0 amide bonds. The summed E-state index contributed by atoms with van der Waals surface area (Å²) in [4.78, 5) is 4.29. The van der Waals surface area contributed by atoms with Crippen LogP contribution in [0.25, 0.3) is 0 Å². The number of hydrogen-bond donors (Lipinski definition) is 2. The number of ether oxygens (including phenoxy) is 1. The SMILES string of the molecule is Clc1cc(Cl)c(OCCNC2=NCCCN2)c(Cl)c1.I. The van der Waals surface area contributed by atoms with Gasteiger partial charge in [-0.3, -0.25) is 4.99 Å². The van der Waals surface area contributed by atoms with Gasteiger partial charge in [-0.1, -0.05) is 34.8 Å². The van der Waals surface area contributed by atoms with Crippen molar-refractivity contribution in [2.75, 3.05) is 26.2 Å². The molecule has 8 heteroatoms. The molecule has 1 aromatic rings. The summed E-state index contributed by atoms with van der Waals surface area (Å²) in [7, 11) is 0. The van der Waals surface area contributed by atoms with Crippen LogP contribution >= 0.6 is 58.8 Å². The van der Waals surface area contributed by atoms with E-state index in [1.54, 1.807) is 12.1 Å². The molecule has 4 nitrogen and oxygen atoms in total. The smallest absolute Gasteiger partial charge is 0.191 e. The van der Waals surface area contributed by atoms with Gasteiger partial charge >= 0.3 is 0 Å². The second-order valence-electron chi connectivity index (χ2n) is 3.98. The molecule has 0 saturated heterocycles. The lowest BCUT2D eigenvalue weighted by atomic mass is 10.3. The fourth-order valence-corrected chi connectivity index (χ4v) is 2.57. The summed E-state index contributed by atoms with van der Waals surface area (Å²) in [6.45, 7) is 2.84. The average Bonchev–Trinajstić information content (AvgIpc) is 2.38. The third kappa shape index (κ3) is 5.35. The van der Waals surface area contributed by atoms with Crippen molar-refractivity contribution in [2.45, 2.75) is 6.42 Å². The fraction of sp³-hybridized carbons (Fsp3) is 0.417. The van der Waals surface area contributed by atoms with Gasteiger partial charge in [0.05, 0.1) is 16.6 Å². The molecular formula is C12H15Cl3IN3O. The maximum absolute atomic E-state index is 6.01. The van der Waals surface area contributed by atoms with Crippen LogP contribution in [0.1, 0.15) is 6.42 Å². The number of aliphatic imine (C=N–C) groups is 1. The van der Waals surface area contributed by atoms with E-state index in [2.05, 4.69) is 15.6 Å². The lowest BCUT2D eigenvalue weighted by Crippen LogP contribution is -2.42. The molecule has 0 spiro atoms. The van der Waals surface area contributed by atoms with Crippen molar-refractivity contribution in [1.29, 1.82) is 0 Å². The highest BCUT2D eigenvalue weighted by atomic mass is 127. The molecule has 1 aliphatic rings. The molecule has 2 N–H and O–H groups in total. The van der Waals surface area contributed by atoms with Crippen LogP contribution in [0.3, 0.4) is 0 Å². The van der Waals surface area contributed by atoms with Crippen LogP contribution in [0.15, 0.2) is 17.1 Å². The zero-order valence-corrected chi connectivity index (χ0v) is 15.2. The highest BCUT2D eigenvalue weighted by molar-refractivity contribution is 14.0. The second kappa shape index (κ2) is 9.02. The molecule has 1 heterocycles. The van der Waals surface area contributed by atoms with E-state index in [4.69, 9.17) is 39.5 Å². The second-order valence-corrected chi connectivity index (χ2v) is 5.24. The molecule has 0 aliphatic carbocycles. The summed E-state index contributed by atoms with van der Waals surface area (Å²) in [6.07, 6.45) is 1.07. The molecule has 1 aliphatic heterocycles. The molecule has 112 valence electrons. The number of rotatable bonds is 4. The minimum atomic E-state index is 0. The van der Waals surface area contributed by atoms with E-state index in [9.17, 15) is 0 Å². The molecule has 0 fully saturated rings. The first-order valence-corrected chi connectivity index (χ1v) is 7.10. The van der Waals surface area contributed by atoms with Gasteiger partial charge in [0.2, 0.25) is 0 Å². The Morgan fingerprint density at radius 1 is 1.25 bits per heavy atom. The van der Waals surface area contributed by atoms with Gasteiger partial charge in [0.15, 0.2) is 11.7 Å². The van der Waals surface area contributed by atoms with Crippen LogP contribution in [-0.2, 0) is 0 Å². The minimum Gasteiger partial charge on any atom is -0.489 e. The van der Waals surface area contributed by atoms with Crippen molar-refractivity contribution in [3.63, 3.8) is 0 Å². The number of nitrogens with zero attached hydrogens (tertiary/aromatic N) is 1. The Bertz CT molecular complexity index is 462. The van der Waals surface area contributed by atoms with Crippen molar-refractivity contribution in [3.05, 3.63) is 27.2 Å². The van der Waals surface area contributed by atoms with E-state index in [0.29, 0.717) is 34.0 Å². The highest BCUT2D eigenvalue weighted by Gasteiger charge is 2.09. The molecular weight excluding hydrogens is 435 g/mol. The predicted molar refractivity (Wildman–Crippen MR) is 95.3 cm³/mol. The van der Waals surface area contributed by atoms with Crippen LogP contribution in [0.4, 0.5) is 0 Å². The summed E-state index contributed by atoms with van der Waals surface area (Å²) >= 11 is 17.8.